The molecule has 5 nitrogen and oxygen atoms in total. The van der Waals surface area contributed by atoms with Gasteiger partial charge in [-0.25, -0.2) is 0 Å². The number of anilines is 1. The number of carbonyl (C=O) groups excluding carboxylic acids is 1. The summed E-state index contributed by atoms with van der Waals surface area (Å²) in [4.78, 5) is 12.0. The molecule has 1 aliphatic heterocycles. The minimum absolute atomic E-state index is 0.00907. The summed E-state index contributed by atoms with van der Waals surface area (Å²) in [5.74, 6) is 1.64. The molecule has 2 aromatic rings. The Bertz CT molecular complexity index is 691. The van der Waals surface area contributed by atoms with E-state index in [1.165, 1.54) is 0 Å². The number of carbonyl (C=O) groups is 1. The molecule has 0 fully saturated rings. The summed E-state index contributed by atoms with van der Waals surface area (Å²) in [6, 6.07) is 7.92. The molecular formula is C16H19N3O2. The van der Waals surface area contributed by atoms with Crippen LogP contribution in [0.15, 0.2) is 24.3 Å². The number of fused-ring (bicyclic) bond motifs is 1. The van der Waals surface area contributed by atoms with Crippen molar-refractivity contribution >= 4 is 11.7 Å². The van der Waals surface area contributed by atoms with E-state index in [0.29, 0.717) is 13.0 Å². The average Bonchev–Trinajstić information content (AvgIpc) is 2.74. The van der Waals surface area contributed by atoms with E-state index in [1.807, 2.05) is 45.2 Å². The smallest absolute Gasteiger partial charge is 0.226 e. The van der Waals surface area contributed by atoms with E-state index in [2.05, 4.69) is 10.4 Å². The van der Waals surface area contributed by atoms with E-state index in [0.717, 1.165) is 28.4 Å². The van der Waals surface area contributed by atoms with Gasteiger partial charge >= 0.3 is 0 Å². The minimum Gasteiger partial charge on any atom is -0.494 e. The molecule has 3 rings (SSSR count). The Kier molecular flexibility index (Phi) is 3.41. The second-order valence-electron chi connectivity index (χ2n) is 5.25. The lowest BCUT2D eigenvalue weighted by Crippen LogP contribution is -2.25. The molecule has 0 saturated heterocycles. The Morgan fingerprint density at radius 3 is 2.95 bits per heavy atom. The van der Waals surface area contributed by atoms with Crippen LogP contribution in [0.3, 0.4) is 0 Å². The lowest BCUT2D eigenvalue weighted by Gasteiger charge is -2.25. The molecule has 1 N–H and O–H groups in total. The zero-order valence-corrected chi connectivity index (χ0v) is 12.5. The maximum Gasteiger partial charge on any atom is 0.226 e. The van der Waals surface area contributed by atoms with Crippen molar-refractivity contribution < 1.29 is 9.53 Å². The van der Waals surface area contributed by atoms with Crippen LogP contribution in [-0.4, -0.2) is 22.3 Å². The summed E-state index contributed by atoms with van der Waals surface area (Å²) in [6.07, 6.45) is 0.420. The number of aryl methyl sites for hydroxylation is 2. The van der Waals surface area contributed by atoms with Gasteiger partial charge in [-0.15, -0.1) is 0 Å². The fourth-order valence-corrected chi connectivity index (χ4v) is 3.03. The number of rotatable bonds is 3. The van der Waals surface area contributed by atoms with Crippen molar-refractivity contribution in [1.82, 2.24) is 9.78 Å². The van der Waals surface area contributed by atoms with Crippen molar-refractivity contribution in [2.24, 2.45) is 7.05 Å². The van der Waals surface area contributed by atoms with Crippen molar-refractivity contribution in [3.8, 4) is 5.75 Å². The normalized spacial score (nSPS) is 17.3. The number of benzene rings is 1. The summed E-state index contributed by atoms with van der Waals surface area (Å²) in [7, 11) is 1.85. The highest BCUT2D eigenvalue weighted by molar-refractivity contribution is 5.94. The van der Waals surface area contributed by atoms with Crippen molar-refractivity contribution in [1.29, 1.82) is 0 Å². The summed E-state index contributed by atoms with van der Waals surface area (Å²) < 4.78 is 7.46. The molecule has 21 heavy (non-hydrogen) atoms. The molecule has 1 amide bonds. The Balaban J connectivity index is 2.14. The van der Waals surface area contributed by atoms with Crippen LogP contribution in [0.2, 0.25) is 0 Å². The van der Waals surface area contributed by atoms with E-state index in [-0.39, 0.29) is 11.8 Å². The maximum atomic E-state index is 12.0. The molecule has 1 aromatic heterocycles. The lowest BCUT2D eigenvalue weighted by molar-refractivity contribution is -0.116. The van der Waals surface area contributed by atoms with Crippen molar-refractivity contribution in [3.63, 3.8) is 0 Å². The number of hydrogen-bond donors (Lipinski definition) is 1. The monoisotopic (exact) mass is 285 g/mol. The predicted octanol–water partition coefficient (Wildman–Crippen LogP) is 2.60. The fraction of sp³-hybridized carbons (Fsp3) is 0.375. The summed E-state index contributed by atoms with van der Waals surface area (Å²) in [5, 5.41) is 7.36. The number of hydrogen-bond acceptors (Lipinski definition) is 3. The van der Waals surface area contributed by atoms with E-state index in [9.17, 15) is 4.79 Å². The topological polar surface area (TPSA) is 56.1 Å². The second-order valence-corrected chi connectivity index (χ2v) is 5.25. The predicted molar refractivity (Wildman–Crippen MR) is 80.6 cm³/mol. The standard InChI is InChI=1S/C16H19N3O2/c1-4-21-13-8-6-5-7-11(13)12-9-14(20)17-16-15(12)10(2)18-19(16)3/h5-8,12H,4,9H2,1-3H3,(H,17,20). The molecule has 0 bridgehead atoms. The third kappa shape index (κ3) is 2.28. The van der Waals surface area contributed by atoms with E-state index in [1.54, 1.807) is 4.68 Å². The molecule has 0 aliphatic carbocycles. The minimum atomic E-state index is -0.00907. The Hall–Kier alpha value is -2.30. The van der Waals surface area contributed by atoms with Crippen LogP contribution in [0.5, 0.6) is 5.75 Å². The molecule has 0 spiro atoms. The third-order valence-electron chi connectivity index (χ3n) is 3.86. The number of ether oxygens (including phenoxy) is 1. The lowest BCUT2D eigenvalue weighted by atomic mass is 9.85. The number of nitrogens with one attached hydrogen (secondary N) is 1. The van der Waals surface area contributed by atoms with Crippen LogP contribution >= 0.6 is 0 Å². The van der Waals surface area contributed by atoms with Crippen LogP contribution in [0.1, 0.15) is 36.1 Å². The highest BCUT2D eigenvalue weighted by Gasteiger charge is 2.32. The maximum absolute atomic E-state index is 12.0. The zero-order chi connectivity index (χ0) is 15.0. The molecule has 1 aromatic carbocycles. The quantitative estimate of drug-likeness (QED) is 0.943. The SMILES string of the molecule is CCOc1ccccc1C1CC(=O)Nc2c1c(C)nn2C. The number of para-hydroxylation sites is 1. The van der Waals surface area contributed by atoms with Crippen molar-refractivity contribution in [2.45, 2.75) is 26.2 Å². The van der Waals surface area contributed by atoms with Gasteiger partial charge in [-0.05, 0) is 19.9 Å². The molecule has 5 heteroatoms. The van der Waals surface area contributed by atoms with Gasteiger partial charge in [0.15, 0.2) is 0 Å². The van der Waals surface area contributed by atoms with Crippen LogP contribution in [0.4, 0.5) is 5.82 Å². The van der Waals surface area contributed by atoms with Gasteiger partial charge in [0.25, 0.3) is 0 Å². The first-order valence-corrected chi connectivity index (χ1v) is 7.16. The summed E-state index contributed by atoms with van der Waals surface area (Å²) in [5.41, 5.74) is 3.08. The molecule has 0 radical (unpaired) electrons. The Morgan fingerprint density at radius 1 is 1.43 bits per heavy atom. The van der Waals surface area contributed by atoms with Crippen LogP contribution in [0, 0.1) is 6.92 Å². The van der Waals surface area contributed by atoms with E-state index in [4.69, 9.17) is 4.74 Å². The first-order chi connectivity index (χ1) is 10.1. The number of nitrogens with zero attached hydrogens (tertiary/aromatic N) is 2. The van der Waals surface area contributed by atoms with Gasteiger partial charge in [0.05, 0.1) is 12.3 Å². The largest absolute Gasteiger partial charge is 0.494 e. The van der Waals surface area contributed by atoms with Crippen LogP contribution < -0.4 is 10.1 Å². The van der Waals surface area contributed by atoms with Gasteiger partial charge in [-0.1, -0.05) is 18.2 Å². The van der Waals surface area contributed by atoms with Crippen molar-refractivity contribution in [2.75, 3.05) is 11.9 Å². The number of aromatic nitrogens is 2. The summed E-state index contributed by atoms with van der Waals surface area (Å²) >= 11 is 0. The zero-order valence-electron chi connectivity index (χ0n) is 12.5. The van der Waals surface area contributed by atoms with Crippen molar-refractivity contribution in [3.05, 3.63) is 41.1 Å². The van der Waals surface area contributed by atoms with Gasteiger partial charge in [0, 0.05) is 30.5 Å². The Morgan fingerprint density at radius 2 is 2.19 bits per heavy atom. The molecule has 1 atom stereocenters. The molecule has 0 saturated carbocycles. The third-order valence-corrected chi connectivity index (χ3v) is 3.86. The first-order valence-electron chi connectivity index (χ1n) is 7.16. The van der Waals surface area contributed by atoms with Gasteiger partial charge < -0.3 is 10.1 Å². The van der Waals surface area contributed by atoms with E-state index < -0.39 is 0 Å². The van der Waals surface area contributed by atoms with Gasteiger partial charge in [0.1, 0.15) is 11.6 Å². The molecular weight excluding hydrogens is 266 g/mol. The molecule has 110 valence electrons. The fourth-order valence-electron chi connectivity index (χ4n) is 3.03. The average molecular weight is 285 g/mol. The second kappa shape index (κ2) is 5.24. The molecule has 2 heterocycles. The Labute approximate surface area is 123 Å². The summed E-state index contributed by atoms with van der Waals surface area (Å²) in [6.45, 7) is 4.55. The molecule has 1 aliphatic rings. The van der Waals surface area contributed by atoms with Crippen LogP contribution in [-0.2, 0) is 11.8 Å². The van der Waals surface area contributed by atoms with Gasteiger partial charge in [-0.3, -0.25) is 9.48 Å². The highest BCUT2D eigenvalue weighted by Crippen LogP contribution is 2.41. The van der Waals surface area contributed by atoms with Gasteiger partial charge in [-0.2, -0.15) is 5.10 Å². The number of amides is 1. The van der Waals surface area contributed by atoms with Crippen LogP contribution in [0.25, 0.3) is 0 Å². The molecule has 1 unspecified atom stereocenters. The first kappa shape index (κ1) is 13.7. The highest BCUT2D eigenvalue weighted by atomic mass is 16.5. The van der Waals surface area contributed by atoms with E-state index >= 15 is 0 Å². The van der Waals surface area contributed by atoms with Gasteiger partial charge in [0.2, 0.25) is 5.91 Å².